The van der Waals surface area contributed by atoms with E-state index in [1.807, 2.05) is 57.2 Å². The molecule has 0 amide bonds. The Morgan fingerprint density at radius 1 is 1.13 bits per heavy atom. The van der Waals surface area contributed by atoms with Gasteiger partial charge in [-0.25, -0.2) is 4.79 Å². The van der Waals surface area contributed by atoms with Gasteiger partial charge in [-0.2, -0.15) is 0 Å². The normalized spacial score (nSPS) is 11.3. The molecule has 0 aliphatic rings. The van der Waals surface area contributed by atoms with E-state index in [9.17, 15) is 9.59 Å². The maximum absolute atomic E-state index is 13.4. The molecule has 5 nitrogen and oxygen atoms in total. The van der Waals surface area contributed by atoms with Crippen molar-refractivity contribution in [3.05, 3.63) is 75.3 Å². The second-order valence-electron chi connectivity index (χ2n) is 7.93. The van der Waals surface area contributed by atoms with Gasteiger partial charge < -0.3 is 5.11 Å². The van der Waals surface area contributed by atoms with Crippen molar-refractivity contribution in [3.8, 4) is 16.9 Å². The predicted molar refractivity (Wildman–Crippen MR) is 120 cm³/mol. The molecule has 0 aliphatic carbocycles. The first-order chi connectivity index (χ1) is 14.3. The maximum Gasteiger partial charge on any atom is 0.333 e. The highest BCUT2D eigenvalue weighted by atomic mass is 35.5. The summed E-state index contributed by atoms with van der Waals surface area (Å²) in [5.74, 6) is 0.246. The first-order valence-corrected chi connectivity index (χ1v) is 10.5. The van der Waals surface area contributed by atoms with Gasteiger partial charge in [-0.05, 0) is 49.1 Å². The average molecular weight is 427 g/mol. The van der Waals surface area contributed by atoms with Crippen LogP contribution < -0.4 is 5.69 Å². The fourth-order valence-corrected chi connectivity index (χ4v) is 3.94. The number of carbonyl (C=O) groups excluding carboxylic acids is 1. The highest BCUT2D eigenvalue weighted by Gasteiger charge is 2.21. The molecule has 2 aromatic carbocycles. The fourth-order valence-electron chi connectivity index (χ4n) is 3.75. The summed E-state index contributed by atoms with van der Waals surface area (Å²) < 4.78 is 3.18. The number of Topliss-reactive ketones (excluding diaryl/α,β-unsaturated/α-hetero) is 1. The number of aromatic nitrogens is 2. The molecule has 1 aromatic heterocycles. The van der Waals surface area contributed by atoms with Crippen molar-refractivity contribution in [3.63, 3.8) is 0 Å². The van der Waals surface area contributed by atoms with E-state index < -0.39 is 0 Å². The zero-order chi connectivity index (χ0) is 21.8. The molecule has 1 N–H and O–H groups in total. The van der Waals surface area contributed by atoms with Crippen molar-refractivity contribution in [2.45, 2.75) is 40.2 Å². The summed E-state index contributed by atoms with van der Waals surface area (Å²) in [4.78, 5) is 26.0. The summed E-state index contributed by atoms with van der Waals surface area (Å²) in [5.41, 5.74) is 3.69. The maximum atomic E-state index is 13.4. The van der Waals surface area contributed by atoms with E-state index in [0.29, 0.717) is 23.6 Å². The van der Waals surface area contributed by atoms with Crippen LogP contribution in [0.5, 0.6) is 0 Å². The summed E-state index contributed by atoms with van der Waals surface area (Å²) in [5, 5.41) is 9.70. The Balaban J connectivity index is 2.16. The Morgan fingerprint density at radius 2 is 1.83 bits per heavy atom. The minimum atomic E-state index is -0.255. The zero-order valence-electron chi connectivity index (χ0n) is 17.6. The summed E-state index contributed by atoms with van der Waals surface area (Å²) in [6.07, 6.45) is 0.980. The number of hydrogen-bond acceptors (Lipinski definition) is 3. The van der Waals surface area contributed by atoms with Crippen molar-refractivity contribution < 1.29 is 9.90 Å². The number of carbonyl (C=O) groups is 1. The van der Waals surface area contributed by atoms with Crippen LogP contribution in [0, 0.1) is 12.8 Å². The molecule has 0 spiro atoms. The van der Waals surface area contributed by atoms with Crippen LogP contribution >= 0.6 is 11.6 Å². The standard InChI is InChI=1S/C24H27ClN2O3/c1-16(2)13-22(29)15-26-23(19-5-4-6-20(25)14-19)17(3)27(24(26)30)21-9-7-18(8-10-21)11-12-28/h4-10,14,16,28H,11-13,15H2,1-3H3. The molecule has 0 saturated heterocycles. The van der Waals surface area contributed by atoms with Gasteiger partial charge in [0.2, 0.25) is 0 Å². The van der Waals surface area contributed by atoms with Crippen LogP contribution in [-0.2, 0) is 17.8 Å². The molecule has 6 heteroatoms. The quantitative estimate of drug-likeness (QED) is 0.580. The molecule has 30 heavy (non-hydrogen) atoms. The van der Waals surface area contributed by atoms with E-state index in [1.54, 1.807) is 21.3 Å². The summed E-state index contributed by atoms with van der Waals surface area (Å²) in [7, 11) is 0. The Labute approximate surface area is 181 Å². The number of aliphatic hydroxyl groups is 1. The lowest BCUT2D eigenvalue weighted by molar-refractivity contribution is -0.120. The fraction of sp³-hybridized carbons (Fsp3) is 0.333. The molecule has 1 heterocycles. The van der Waals surface area contributed by atoms with Gasteiger partial charge in [0.25, 0.3) is 0 Å². The molecule has 0 radical (unpaired) electrons. The van der Waals surface area contributed by atoms with E-state index in [1.165, 1.54) is 0 Å². The zero-order valence-corrected chi connectivity index (χ0v) is 18.3. The molecule has 0 saturated carbocycles. The molecule has 0 atom stereocenters. The lowest BCUT2D eigenvalue weighted by atomic mass is 10.1. The Morgan fingerprint density at radius 3 is 2.43 bits per heavy atom. The summed E-state index contributed by atoms with van der Waals surface area (Å²) in [6.45, 7) is 5.95. The van der Waals surface area contributed by atoms with E-state index in [2.05, 4.69) is 0 Å². The van der Waals surface area contributed by atoms with E-state index >= 15 is 0 Å². The van der Waals surface area contributed by atoms with Crippen LogP contribution in [0.4, 0.5) is 0 Å². The smallest absolute Gasteiger partial charge is 0.333 e. The van der Waals surface area contributed by atoms with Gasteiger partial charge in [0.15, 0.2) is 5.78 Å². The first kappa shape index (κ1) is 22.1. The number of nitrogens with zero attached hydrogens (tertiary/aromatic N) is 2. The predicted octanol–water partition coefficient (Wildman–Crippen LogP) is 4.42. The van der Waals surface area contributed by atoms with Crippen LogP contribution in [0.1, 0.15) is 31.5 Å². The lowest BCUT2D eigenvalue weighted by Gasteiger charge is -2.09. The van der Waals surface area contributed by atoms with Crippen LogP contribution in [-0.4, -0.2) is 26.6 Å². The molecule has 158 valence electrons. The second kappa shape index (κ2) is 9.45. The third-order valence-electron chi connectivity index (χ3n) is 5.03. The number of halogens is 1. The molecule has 0 bridgehead atoms. The van der Waals surface area contributed by atoms with Gasteiger partial charge in [-0.1, -0.05) is 49.7 Å². The number of rotatable bonds is 8. The van der Waals surface area contributed by atoms with Crippen LogP contribution in [0.2, 0.25) is 5.02 Å². The molecule has 0 unspecified atom stereocenters. The highest BCUT2D eigenvalue weighted by molar-refractivity contribution is 6.30. The van der Waals surface area contributed by atoms with Gasteiger partial charge in [0.1, 0.15) is 0 Å². The molecule has 3 aromatic rings. The Hall–Kier alpha value is -2.63. The van der Waals surface area contributed by atoms with Crippen LogP contribution in [0.25, 0.3) is 16.9 Å². The Kier molecular flexibility index (Phi) is 6.95. The highest BCUT2D eigenvalue weighted by Crippen LogP contribution is 2.27. The topological polar surface area (TPSA) is 64.2 Å². The summed E-state index contributed by atoms with van der Waals surface area (Å²) in [6, 6.07) is 14.8. The second-order valence-corrected chi connectivity index (χ2v) is 8.36. The molecular weight excluding hydrogens is 400 g/mol. The third-order valence-corrected chi connectivity index (χ3v) is 5.27. The molecule has 3 rings (SSSR count). The third kappa shape index (κ3) is 4.74. The number of ketones is 1. The van der Waals surface area contributed by atoms with Crippen LogP contribution in [0.3, 0.4) is 0 Å². The number of imidazole rings is 1. The molecule has 0 fully saturated rings. The van der Waals surface area contributed by atoms with Crippen molar-refractivity contribution in [1.29, 1.82) is 0 Å². The average Bonchev–Trinajstić information content (AvgIpc) is 2.92. The van der Waals surface area contributed by atoms with Crippen molar-refractivity contribution in [2.24, 2.45) is 5.92 Å². The molecular formula is C24H27ClN2O3. The minimum absolute atomic E-state index is 0.0193. The van der Waals surface area contributed by atoms with Crippen LogP contribution in [0.15, 0.2) is 53.3 Å². The summed E-state index contributed by atoms with van der Waals surface area (Å²) >= 11 is 6.20. The van der Waals surface area contributed by atoms with Gasteiger partial charge in [-0.3, -0.25) is 13.9 Å². The lowest BCUT2D eigenvalue weighted by Crippen LogP contribution is -2.27. The first-order valence-electron chi connectivity index (χ1n) is 10.1. The van der Waals surface area contributed by atoms with Gasteiger partial charge in [0.05, 0.1) is 17.9 Å². The van der Waals surface area contributed by atoms with Gasteiger partial charge in [-0.15, -0.1) is 0 Å². The number of benzene rings is 2. The minimum Gasteiger partial charge on any atom is -0.396 e. The van der Waals surface area contributed by atoms with Crippen molar-refractivity contribution >= 4 is 17.4 Å². The SMILES string of the molecule is Cc1c(-c2cccc(Cl)c2)n(CC(=O)CC(C)C)c(=O)n1-c1ccc(CCO)cc1. The largest absolute Gasteiger partial charge is 0.396 e. The van der Waals surface area contributed by atoms with Gasteiger partial charge in [0, 0.05) is 29.3 Å². The number of aliphatic hydroxyl groups excluding tert-OH is 1. The van der Waals surface area contributed by atoms with Gasteiger partial charge >= 0.3 is 5.69 Å². The van der Waals surface area contributed by atoms with E-state index in [0.717, 1.165) is 22.5 Å². The monoisotopic (exact) mass is 426 g/mol. The van der Waals surface area contributed by atoms with Crippen molar-refractivity contribution in [2.75, 3.05) is 6.61 Å². The van der Waals surface area contributed by atoms with Crippen molar-refractivity contribution in [1.82, 2.24) is 9.13 Å². The number of hydrogen-bond donors (Lipinski definition) is 1. The molecule has 0 aliphatic heterocycles. The van der Waals surface area contributed by atoms with E-state index in [4.69, 9.17) is 16.7 Å². The Bertz CT molecular complexity index is 1090. The van der Waals surface area contributed by atoms with E-state index in [-0.39, 0.29) is 30.5 Å².